The number of benzene rings is 2. The lowest BCUT2D eigenvalue weighted by molar-refractivity contribution is -0.125. The van der Waals surface area contributed by atoms with E-state index in [1.807, 2.05) is 6.07 Å². The van der Waals surface area contributed by atoms with E-state index >= 15 is 0 Å². The molecule has 0 aliphatic carbocycles. The number of nitrogens with one attached hydrogen (secondary N) is 2. The average Bonchev–Trinajstić information content (AvgIpc) is 2.59. The third kappa shape index (κ3) is 4.78. The number of hydrogen-bond donors (Lipinski definition) is 2. The number of urea groups is 1. The summed E-state index contributed by atoms with van der Waals surface area (Å²) in [5.74, 6) is -0.960. The van der Waals surface area contributed by atoms with E-state index in [1.54, 1.807) is 42.3 Å². The minimum atomic E-state index is -0.783. The summed E-state index contributed by atoms with van der Waals surface area (Å²) in [7, 11) is 3.09. The summed E-state index contributed by atoms with van der Waals surface area (Å²) in [6, 6.07) is 12.0. The van der Waals surface area contributed by atoms with Crippen molar-refractivity contribution in [1.82, 2.24) is 15.5 Å². The zero-order chi connectivity index (χ0) is 18.4. The van der Waals surface area contributed by atoms with Crippen molar-refractivity contribution in [1.29, 1.82) is 0 Å². The van der Waals surface area contributed by atoms with E-state index in [-0.39, 0.29) is 11.6 Å². The number of carbonyl (C=O) groups is 2. The highest BCUT2D eigenvalue weighted by molar-refractivity contribution is 6.31. The van der Waals surface area contributed by atoms with E-state index in [0.29, 0.717) is 11.1 Å². The SMILES string of the molecule is CNC(=O)NC(=O)C(c1ccccc1)N(C)Cc1c(F)cccc1Cl. The number of carbonyl (C=O) groups excluding carboxylic acids is 2. The van der Waals surface area contributed by atoms with Crippen molar-refractivity contribution >= 4 is 23.5 Å². The standard InChI is InChI=1S/C18H19ClFN3O2/c1-21-18(25)22-17(24)16(12-7-4-3-5-8-12)23(2)11-13-14(19)9-6-10-15(13)20/h3-10,16H,11H2,1-2H3,(H2,21,22,24,25). The van der Waals surface area contributed by atoms with Crippen LogP contribution in [0.15, 0.2) is 48.5 Å². The summed E-state index contributed by atoms with van der Waals surface area (Å²) in [4.78, 5) is 25.7. The molecule has 0 aromatic heterocycles. The third-order valence-electron chi connectivity index (χ3n) is 3.74. The van der Waals surface area contributed by atoms with Gasteiger partial charge in [-0.3, -0.25) is 15.0 Å². The first-order valence-corrected chi connectivity index (χ1v) is 8.02. The van der Waals surface area contributed by atoms with E-state index in [1.165, 1.54) is 19.2 Å². The smallest absolute Gasteiger partial charge is 0.321 e. The van der Waals surface area contributed by atoms with Crippen LogP contribution in [0.1, 0.15) is 17.2 Å². The highest BCUT2D eigenvalue weighted by Crippen LogP contribution is 2.26. The monoisotopic (exact) mass is 363 g/mol. The van der Waals surface area contributed by atoms with Crippen LogP contribution in [0.3, 0.4) is 0 Å². The second kappa shape index (κ2) is 8.60. The second-order valence-corrected chi connectivity index (χ2v) is 5.90. The van der Waals surface area contributed by atoms with Crippen molar-refractivity contribution < 1.29 is 14.0 Å². The molecule has 1 atom stereocenters. The lowest BCUT2D eigenvalue weighted by Gasteiger charge is -2.27. The molecule has 0 aliphatic heterocycles. The summed E-state index contributed by atoms with van der Waals surface area (Å²) in [5, 5.41) is 4.89. The fraction of sp³-hybridized carbons (Fsp3) is 0.222. The predicted octanol–water partition coefficient (Wildman–Crippen LogP) is 3.11. The molecule has 2 aromatic carbocycles. The summed E-state index contributed by atoms with van der Waals surface area (Å²) in [6.45, 7) is 0.103. The van der Waals surface area contributed by atoms with Crippen LogP contribution in [0, 0.1) is 5.82 Å². The Bertz CT molecular complexity index is 735. The summed E-state index contributed by atoms with van der Waals surface area (Å²) >= 11 is 6.08. The quantitative estimate of drug-likeness (QED) is 0.858. The van der Waals surface area contributed by atoms with Gasteiger partial charge in [-0.25, -0.2) is 9.18 Å². The molecule has 25 heavy (non-hydrogen) atoms. The first-order valence-electron chi connectivity index (χ1n) is 7.64. The molecule has 5 nitrogen and oxygen atoms in total. The lowest BCUT2D eigenvalue weighted by atomic mass is 10.0. The van der Waals surface area contributed by atoms with Crippen molar-refractivity contribution in [3.05, 3.63) is 70.5 Å². The summed E-state index contributed by atoms with van der Waals surface area (Å²) < 4.78 is 14.1. The Hall–Kier alpha value is -2.44. The van der Waals surface area contributed by atoms with Crippen LogP contribution in [0.5, 0.6) is 0 Å². The molecule has 2 rings (SSSR count). The number of imide groups is 1. The summed E-state index contributed by atoms with van der Waals surface area (Å²) in [6.07, 6.45) is 0. The molecule has 0 heterocycles. The Labute approximate surface area is 150 Å². The molecule has 0 bridgehead atoms. The van der Waals surface area contributed by atoms with Gasteiger partial charge in [0, 0.05) is 24.2 Å². The van der Waals surface area contributed by atoms with Gasteiger partial charge in [-0.05, 0) is 24.7 Å². The minimum absolute atomic E-state index is 0.103. The maximum absolute atomic E-state index is 14.1. The molecule has 0 spiro atoms. The van der Waals surface area contributed by atoms with Crippen molar-refractivity contribution in [3.8, 4) is 0 Å². The number of amides is 3. The Morgan fingerprint density at radius 2 is 1.84 bits per heavy atom. The van der Waals surface area contributed by atoms with Gasteiger partial charge >= 0.3 is 6.03 Å². The lowest BCUT2D eigenvalue weighted by Crippen LogP contribution is -2.44. The summed E-state index contributed by atoms with van der Waals surface area (Å²) in [5.41, 5.74) is 0.971. The zero-order valence-electron chi connectivity index (χ0n) is 13.9. The van der Waals surface area contributed by atoms with Gasteiger partial charge in [-0.2, -0.15) is 0 Å². The molecular formula is C18H19ClFN3O2. The molecule has 3 amide bonds. The second-order valence-electron chi connectivity index (χ2n) is 5.50. The van der Waals surface area contributed by atoms with Crippen molar-refractivity contribution in [2.45, 2.75) is 12.6 Å². The number of hydrogen-bond acceptors (Lipinski definition) is 3. The molecule has 0 saturated heterocycles. The number of halogens is 2. The van der Waals surface area contributed by atoms with Crippen LogP contribution in [-0.4, -0.2) is 30.9 Å². The molecule has 7 heteroatoms. The Kier molecular flexibility index (Phi) is 6.50. The maximum atomic E-state index is 14.1. The van der Waals surface area contributed by atoms with Gasteiger partial charge in [0.05, 0.1) is 0 Å². The maximum Gasteiger partial charge on any atom is 0.321 e. The van der Waals surface area contributed by atoms with E-state index in [2.05, 4.69) is 10.6 Å². The van der Waals surface area contributed by atoms with E-state index in [0.717, 1.165) is 0 Å². The van der Waals surface area contributed by atoms with Crippen LogP contribution in [-0.2, 0) is 11.3 Å². The van der Waals surface area contributed by atoms with Gasteiger partial charge in [0.2, 0.25) is 5.91 Å². The molecule has 132 valence electrons. The normalized spacial score (nSPS) is 11.9. The minimum Gasteiger partial charge on any atom is -0.341 e. The van der Waals surface area contributed by atoms with Gasteiger partial charge in [-0.1, -0.05) is 48.0 Å². The first kappa shape index (κ1) is 18.9. The molecule has 0 radical (unpaired) electrons. The molecule has 0 fully saturated rings. The van der Waals surface area contributed by atoms with Crippen LogP contribution < -0.4 is 10.6 Å². The molecular weight excluding hydrogens is 345 g/mol. The molecule has 1 unspecified atom stereocenters. The Morgan fingerprint density at radius 1 is 1.16 bits per heavy atom. The molecule has 2 aromatic rings. The fourth-order valence-electron chi connectivity index (χ4n) is 2.51. The van der Waals surface area contributed by atoms with Crippen LogP contribution >= 0.6 is 11.6 Å². The molecule has 0 aliphatic rings. The van der Waals surface area contributed by atoms with E-state index in [4.69, 9.17) is 11.6 Å². The van der Waals surface area contributed by atoms with Crippen LogP contribution in [0.2, 0.25) is 5.02 Å². The predicted molar refractivity (Wildman–Crippen MR) is 94.7 cm³/mol. The largest absolute Gasteiger partial charge is 0.341 e. The highest BCUT2D eigenvalue weighted by atomic mass is 35.5. The Balaban J connectivity index is 2.31. The van der Waals surface area contributed by atoms with Crippen molar-refractivity contribution in [2.24, 2.45) is 0 Å². The van der Waals surface area contributed by atoms with Gasteiger partial charge in [0.15, 0.2) is 0 Å². The van der Waals surface area contributed by atoms with Crippen LogP contribution in [0.4, 0.5) is 9.18 Å². The van der Waals surface area contributed by atoms with Crippen molar-refractivity contribution in [2.75, 3.05) is 14.1 Å². The van der Waals surface area contributed by atoms with E-state index < -0.39 is 23.8 Å². The highest BCUT2D eigenvalue weighted by Gasteiger charge is 2.27. The molecule has 0 saturated carbocycles. The topological polar surface area (TPSA) is 61.4 Å². The number of rotatable bonds is 5. The zero-order valence-corrected chi connectivity index (χ0v) is 14.7. The van der Waals surface area contributed by atoms with Crippen molar-refractivity contribution in [3.63, 3.8) is 0 Å². The average molecular weight is 364 g/mol. The first-order chi connectivity index (χ1) is 11.9. The number of nitrogens with zero attached hydrogens (tertiary/aromatic N) is 1. The number of likely N-dealkylation sites (N-methyl/N-ethyl adjacent to an activating group) is 1. The third-order valence-corrected chi connectivity index (χ3v) is 4.09. The van der Waals surface area contributed by atoms with Gasteiger partial charge < -0.3 is 5.32 Å². The van der Waals surface area contributed by atoms with Gasteiger partial charge in [0.25, 0.3) is 0 Å². The van der Waals surface area contributed by atoms with Crippen LogP contribution in [0.25, 0.3) is 0 Å². The van der Waals surface area contributed by atoms with E-state index in [9.17, 15) is 14.0 Å². The van der Waals surface area contributed by atoms with Gasteiger partial charge in [-0.15, -0.1) is 0 Å². The fourth-order valence-corrected chi connectivity index (χ4v) is 2.73. The molecule has 2 N–H and O–H groups in total. The Morgan fingerprint density at radius 3 is 2.44 bits per heavy atom. The van der Waals surface area contributed by atoms with Gasteiger partial charge in [0.1, 0.15) is 11.9 Å².